The minimum Gasteiger partial charge on any atom is -0.756 e. The Bertz CT molecular complexity index is 601. The van der Waals surface area contributed by atoms with E-state index >= 15 is 0 Å². The standard InChI is InChI=1S/C17H34N3O7P/c1-16(2,3)9-12(11-25-28(23,24)27-17(4,5)6)26-14(10-21)20-8-7-13(18)19-15(20)22/h7-8,12-14,21H,9-11,18H2,1-6H3,(H,19,22)(H,23,24)/p-1/t12-,13?,14-/m1/s1. The first kappa shape index (κ1) is 25.0. The van der Waals surface area contributed by atoms with Crippen LogP contribution >= 0.6 is 7.82 Å². The van der Waals surface area contributed by atoms with Gasteiger partial charge in [0.1, 0.15) is 0 Å². The number of carbonyl (C=O) groups excluding carboxylic acids is 1. The van der Waals surface area contributed by atoms with Gasteiger partial charge in [-0.1, -0.05) is 20.8 Å². The van der Waals surface area contributed by atoms with Gasteiger partial charge in [-0.3, -0.25) is 9.46 Å². The summed E-state index contributed by atoms with van der Waals surface area (Å²) in [6.07, 6.45) is 0.982. The zero-order chi connectivity index (χ0) is 21.8. The molecule has 1 aliphatic rings. The summed E-state index contributed by atoms with van der Waals surface area (Å²) in [7, 11) is -4.55. The number of carbonyl (C=O) groups is 1. The topological polar surface area (TPSA) is 146 Å². The van der Waals surface area contributed by atoms with Crippen molar-refractivity contribution in [2.24, 2.45) is 11.1 Å². The number of nitrogens with one attached hydrogen (secondary N) is 1. The Labute approximate surface area is 166 Å². The highest BCUT2D eigenvalue weighted by molar-refractivity contribution is 7.45. The third kappa shape index (κ3) is 9.47. The van der Waals surface area contributed by atoms with Crippen LogP contribution in [-0.2, 0) is 18.3 Å². The number of phosphoric acid groups is 1. The van der Waals surface area contributed by atoms with Gasteiger partial charge in [-0.2, -0.15) is 0 Å². The first-order chi connectivity index (χ1) is 12.6. The van der Waals surface area contributed by atoms with Crippen molar-refractivity contribution < 1.29 is 33.1 Å². The molecule has 0 aromatic rings. The first-order valence-corrected chi connectivity index (χ1v) is 10.5. The van der Waals surface area contributed by atoms with Crippen LogP contribution in [0.25, 0.3) is 0 Å². The molecule has 164 valence electrons. The zero-order valence-corrected chi connectivity index (χ0v) is 18.3. The molecule has 0 fully saturated rings. The molecule has 2 amide bonds. The quantitative estimate of drug-likeness (QED) is 0.471. The molecule has 1 aliphatic heterocycles. The third-order valence-corrected chi connectivity index (χ3v) is 4.68. The van der Waals surface area contributed by atoms with E-state index in [-0.39, 0.29) is 12.0 Å². The monoisotopic (exact) mass is 422 g/mol. The third-order valence-electron chi connectivity index (χ3n) is 3.44. The summed E-state index contributed by atoms with van der Waals surface area (Å²) in [4.78, 5) is 25.3. The fourth-order valence-electron chi connectivity index (χ4n) is 2.53. The Morgan fingerprint density at radius 1 is 1.36 bits per heavy atom. The molecule has 0 aliphatic carbocycles. The molecule has 0 bridgehead atoms. The summed E-state index contributed by atoms with van der Waals surface area (Å²) in [6, 6.07) is -0.532. The van der Waals surface area contributed by atoms with E-state index in [1.165, 1.54) is 12.3 Å². The van der Waals surface area contributed by atoms with Crippen molar-refractivity contribution in [3.8, 4) is 0 Å². The molecule has 10 nitrogen and oxygen atoms in total. The lowest BCUT2D eigenvalue weighted by atomic mass is 9.89. The maximum absolute atomic E-state index is 12.1. The normalized spacial score (nSPS) is 22.5. The number of aliphatic hydroxyl groups excluding tert-OH is 1. The molecule has 4 N–H and O–H groups in total. The lowest BCUT2D eigenvalue weighted by molar-refractivity contribution is -0.237. The van der Waals surface area contributed by atoms with E-state index in [1.807, 2.05) is 20.8 Å². The van der Waals surface area contributed by atoms with Gasteiger partial charge in [0.25, 0.3) is 7.82 Å². The van der Waals surface area contributed by atoms with Crippen molar-refractivity contribution in [2.75, 3.05) is 13.2 Å². The molecule has 1 heterocycles. The molecule has 0 radical (unpaired) electrons. The van der Waals surface area contributed by atoms with Crippen molar-refractivity contribution in [3.63, 3.8) is 0 Å². The van der Waals surface area contributed by atoms with Crippen LogP contribution in [0, 0.1) is 5.41 Å². The van der Waals surface area contributed by atoms with Gasteiger partial charge in [0, 0.05) is 6.20 Å². The van der Waals surface area contributed by atoms with Gasteiger partial charge in [-0.25, -0.2) is 4.79 Å². The second kappa shape index (κ2) is 9.67. The molecule has 11 heteroatoms. The van der Waals surface area contributed by atoms with Gasteiger partial charge >= 0.3 is 6.03 Å². The fourth-order valence-corrected chi connectivity index (χ4v) is 3.60. The lowest BCUT2D eigenvalue weighted by Gasteiger charge is -2.36. The Hall–Kier alpha value is -1.00. The highest BCUT2D eigenvalue weighted by atomic mass is 31.2. The number of nitrogens with two attached hydrogens (primary N) is 1. The minimum atomic E-state index is -4.55. The Morgan fingerprint density at radius 2 is 1.96 bits per heavy atom. The highest BCUT2D eigenvalue weighted by Crippen LogP contribution is 2.43. The van der Waals surface area contributed by atoms with Gasteiger partial charge in [-0.05, 0) is 38.7 Å². The van der Waals surface area contributed by atoms with Gasteiger partial charge < -0.3 is 34.8 Å². The number of phosphoric ester groups is 1. The molecular formula is C17H33N3O7P-. The number of rotatable bonds is 9. The van der Waals surface area contributed by atoms with Crippen molar-refractivity contribution in [3.05, 3.63) is 12.3 Å². The molecule has 2 unspecified atom stereocenters. The summed E-state index contributed by atoms with van der Waals surface area (Å²) in [5, 5.41) is 12.2. The van der Waals surface area contributed by atoms with Crippen LogP contribution in [0.15, 0.2) is 12.3 Å². The summed E-state index contributed by atoms with van der Waals surface area (Å²) >= 11 is 0. The van der Waals surface area contributed by atoms with Crippen LogP contribution in [0.1, 0.15) is 48.0 Å². The molecule has 0 saturated carbocycles. The van der Waals surface area contributed by atoms with Crippen LogP contribution < -0.4 is 15.9 Å². The molecule has 0 aromatic carbocycles. The number of nitrogens with zero attached hydrogens (tertiary/aromatic N) is 1. The number of hydrogen-bond donors (Lipinski definition) is 3. The first-order valence-electron chi connectivity index (χ1n) is 9.07. The van der Waals surface area contributed by atoms with E-state index in [9.17, 15) is 19.4 Å². The number of hydrogen-bond acceptors (Lipinski definition) is 8. The molecule has 0 saturated heterocycles. The van der Waals surface area contributed by atoms with Crippen molar-refractivity contribution in [1.82, 2.24) is 10.2 Å². The largest absolute Gasteiger partial charge is 0.756 e. The van der Waals surface area contributed by atoms with Crippen LogP contribution in [0.4, 0.5) is 4.79 Å². The van der Waals surface area contributed by atoms with E-state index in [1.54, 1.807) is 20.8 Å². The molecule has 28 heavy (non-hydrogen) atoms. The van der Waals surface area contributed by atoms with Crippen molar-refractivity contribution >= 4 is 13.9 Å². The van der Waals surface area contributed by atoms with Gasteiger partial charge in [0.15, 0.2) is 6.23 Å². The molecule has 1 rings (SSSR count). The van der Waals surface area contributed by atoms with Gasteiger partial charge in [-0.15, -0.1) is 0 Å². The van der Waals surface area contributed by atoms with E-state index in [0.29, 0.717) is 6.42 Å². The van der Waals surface area contributed by atoms with Crippen LogP contribution in [0.5, 0.6) is 0 Å². The Morgan fingerprint density at radius 3 is 2.43 bits per heavy atom. The van der Waals surface area contributed by atoms with Gasteiger partial charge in [0.05, 0.1) is 31.1 Å². The Kier molecular flexibility index (Phi) is 8.64. The van der Waals surface area contributed by atoms with E-state index < -0.39 is 44.6 Å². The van der Waals surface area contributed by atoms with E-state index in [4.69, 9.17) is 19.5 Å². The van der Waals surface area contributed by atoms with E-state index in [2.05, 4.69) is 5.32 Å². The summed E-state index contributed by atoms with van der Waals surface area (Å²) in [6.45, 7) is 9.82. The molecule has 0 aromatic heterocycles. The smallest absolute Gasteiger partial charge is 0.325 e. The second-order valence-electron chi connectivity index (χ2n) is 8.83. The maximum atomic E-state index is 12.1. The summed E-state index contributed by atoms with van der Waals surface area (Å²) < 4.78 is 27.8. The summed E-state index contributed by atoms with van der Waals surface area (Å²) in [5.41, 5.74) is 4.45. The molecule has 4 atom stereocenters. The van der Waals surface area contributed by atoms with E-state index in [0.717, 1.165) is 4.90 Å². The van der Waals surface area contributed by atoms with Crippen LogP contribution in [0.2, 0.25) is 0 Å². The molecular weight excluding hydrogens is 389 g/mol. The van der Waals surface area contributed by atoms with Crippen LogP contribution in [0.3, 0.4) is 0 Å². The second-order valence-corrected chi connectivity index (χ2v) is 10.2. The fraction of sp³-hybridized carbons (Fsp3) is 0.824. The van der Waals surface area contributed by atoms with Gasteiger partial charge in [0.2, 0.25) is 0 Å². The number of urea groups is 1. The number of amides is 2. The molecule has 0 spiro atoms. The van der Waals surface area contributed by atoms with Crippen molar-refractivity contribution in [1.29, 1.82) is 0 Å². The lowest BCUT2D eigenvalue weighted by Crippen LogP contribution is -2.54. The Balaban J connectivity index is 2.87. The van der Waals surface area contributed by atoms with Crippen molar-refractivity contribution in [2.45, 2.75) is 72.1 Å². The predicted molar refractivity (Wildman–Crippen MR) is 102 cm³/mol. The summed E-state index contributed by atoms with van der Waals surface area (Å²) in [5.74, 6) is 0. The number of ether oxygens (including phenoxy) is 1. The average Bonchev–Trinajstić information content (AvgIpc) is 2.47. The van der Waals surface area contributed by atoms with Crippen LogP contribution in [-0.4, -0.2) is 53.4 Å². The average molecular weight is 422 g/mol. The highest BCUT2D eigenvalue weighted by Gasteiger charge is 2.31. The predicted octanol–water partition coefficient (Wildman–Crippen LogP) is 1.25. The SMILES string of the molecule is CC(C)(C)C[C@H](COP(=O)([O-])OC(C)(C)C)O[C@H](CO)N1C=CC(N)NC1=O. The minimum absolute atomic E-state index is 0.228. The maximum Gasteiger partial charge on any atom is 0.325 e. The number of aliphatic hydroxyl groups is 1. The zero-order valence-electron chi connectivity index (χ0n) is 17.4.